The summed E-state index contributed by atoms with van der Waals surface area (Å²) in [6.07, 6.45) is 14.2. The summed E-state index contributed by atoms with van der Waals surface area (Å²) in [5.74, 6) is 1.41. The van der Waals surface area contributed by atoms with Crippen molar-refractivity contribution in [2.75, 3.05) is 68.1 Å². The average molecular weight is 1580 g/mol. The van der Waals surface area contributed by atoms with Gasteiger partial charge in [0.2, 0.25) is 0 Å². The number of carbonyl (C=O) groups excluding carboxylic acids is 5. The molecule has 0 spiro atoms. The molecule has 3 fully saturated rings. The molecule has 14 rings (SSSR count). The first kappa shape index (κ1) is 99.0. The molecule has 2 atom stereocenters. The molecular weight excluding hydrogens is 1460 g/mol. The Morgan fingerprint density at radius 1 is 0.545 bits per heavy atom. The number of hydrogen-bond acceptors (Lipinski definition) is 14. The van der Waals surface area contributed by atoms with Crippen LogP contribution in [0.15, 0.2) is 188 Å². The first-order valence-corrected chi connectivity index (χ1v) is 35.2. The number of likely N-dealkylation sites (N-methyl/N-ethyl adjacent to an activating group) is 5. The molecule has 8 aromatic heterocycles. The number of aryl methyl sites for hydroxylation is 15. The fourth-order valence-corrected chi connectivity index (χ4v) is 9.89. The van der Waals surface area contributed by atoms with Gasteiger partial charge in [-0.05, 0) is 140 Å². The monoisotopic (exact) mass is 1580 g/mol. The number of halogens is 1. The zero-order valence-electron chi connectivity index (χ0n) is 65.7. The second-order valence-electron chi connectivity index (χ2n) is 24.9. The van der Waals surface area contributed by atoms with Crippen LogP contribution in [-0.2, 0) is 70.7 Å². The quantitative estimate of drug-likeness (QED) is 0.152. The van der Waals surface area contributed by atoms with Crippen molar-refractivity contribution in [2.24, 2.45) is 56.4 Å². The standard InChI is InChI=1S/C12H14N2O3.C11H12N2.C10H10N2.C6H9N3O.C6H10N2O2.C6H10N2.2C6H9N.C5H7BrN2.C5H8N2.C5H11NO.4CH4/c1-3-14-11(10(15)13(2)12(14)16)17-9-7-5-4-6-8-9;1-9-8-13(2)11(12-9)10-6-4-3-5-7-10;1-12-8-7-10(11-12)9-5-3-2-4-6-9;1-7-6(10)5-8-3-4-9(5)2;1-4-5(9)8(3)6(10)7(4)2;1-5-4-6(2)8(3)7-5;2*1-6-4-3-5-7(6)2;1-4-5(6)3-8(2)7-4;1-5-3-4-6-7(5)2;1-6-2-4-7-5-3-6;;;;/h4-8,11H,3H2,1-2H3;3-8H,1-2H3;2-8H,1H3;3-4H,1-2H3,(H,7,10);4H,1-3H3;4H,1-3H3;2*3-5H,1-2H3;3H,1-2H3;3-4H,1-2H3;2-5H2,1H3;4*1H4. The lowest BCUT2D eigenvalue weighted by molar-refractivity contribution is -0.134. The summed E-state index contributed by atoms with van der Waals surface area (Å²) in [4.78, 5) is 71.9. The Morgan fingerprint density at radius 2 is 1.08 bits per heavy atom. The first-order chi connectivity index (χ1) is 50.3. The summed E-state index contributed by atoms with van der Waals surface area (Å²) >= 11 is 3.33. The average Bonchev–Trinajstić information content (AvgIpc) is 1.66. The van der Waals surface area contributed by atoms with Gasteiger partial charge in [-0.25, -0.2) is 19.6 Å². The molecule has 7 amide bonds. The number of carbonyl (C=O) groups is 5. The van der Waals surface area contributed by atoms with E-state index in [0.29, 0.717) is 18.1 Å². The number of benzene rings is 3. The van der Waals surface area contributed by atoms with Crippen LogP contribution in [-0.4, -0.2) is 202 Å². The molecule has 0 bridgehead atoms. The molecule has 3 aromatic carbocycles. The summed E-state index contributed by atoms with van der Waals surface area (Å²) in [6.45, 7) is 22.2. The maximum absolute atomic E-state index is 11.8. The van der Waals surface area contributed by atoms with Gasteiger partial charge in [-0.3, -0.25) is 47.8 Å². The molecule has 0 saturated carbocycles. The van der Waals surface area contributed by atoms with E-state index in [2.05, 4.69) is 129 Å². The SMILES string of the molecule is C.C.C.C.CC1C(=O)N(C)C(=O)N1C.CCN1C(=O)N(C)C(=O)C1Oc1ccccc1.CN1CCOCC1.CNC(=O)c1nccn1C.Cc1cc(C)n(C)n1.Cc1cccn1C.Cc1cccn1C.Cc1ccnn1C.Cc1cn(C)c(-c2ccccc2)n1.Cc1nn(C)cc1Br.Cn1ccc(-c2ccccc2)n1. The van der Waals surface area contributed by atoms with E-state index in [9.17, 15) is 24.0 Å². The molecule has 110 heavy (non-hydrogen) atoms. The fraction of sp³-hybridized carbons (Fsp3) is 0.402. The molecule has 602 valence electrons. The maximum atomic E-state index is 11.8. The summed E-state index contributed by atoms with van der Waals surface area (Å²) in [5, 5.41) is 18.9. The van der Waals surface area contributed by atoms with Gasteiger partial charge in [0.05, 0.1) is 40.5 Å². The Balaban J connectivity index is 0.00000120. The van der Waals surface area contributed by atoms with Crippen molar-refractivity contribution >= 4 is 45.7 Å². The van der Waals surface area contributed by atoms with Crippen molar-refractivity contribution in [3.8, 4) is 28.4 Å². The molecule has 27 nitrogen and oxygen atoms in total. The predicted molar refractivity (Wildman–Crippen MR) is 447 cm³/mol. The van der Waals surface area contributed by atoms with Gasteiger partial charge in [0, 0.05) is 188 Å². The largest absolute Gasteiger partial charge is 0.461 e. The van der Waals surface area contributed by atoms with Crippen LogP contribution in [0.4, 0.5) is 9.59 Å². The smallest absolute Gasteiger partial charge is 0.329 e. The van der Waals surface area contributed by atoms with Gasteiger partial charge in [0.1, 0.15) is 17.6 Å². The van der Waals surface area contributed by atoms with Gasteiger partial charge in [-0.15, -0.1) is 0 Å². The Labute approximate surface area is 663 Å². The van der Waals surface area contributed by atoms with E-state index >= 15 is 0 Å². The first-order valence-electron chi connectivity index (χ1n) is 34.4. The van der Waals surface area contributed by atoms with Crippen molar-refractivity contribution in [1.82, 2.24) is 97.2 Å². The lowest BCUT2D eigenvalue weighted by atomic mass is 10.2. The van der Waals surface area contributed by atoms with Crippen LogP contribution in [0, 0.1) is 48.5 Å². The van der Waals surface area contributed by atoms with Gasteiger partial charge in [-0.2, -0.15) is 20.4 Å². The number of imide groups is 2. The van der Waals surface area contributed by atoms with Crippen LogP contribution in [0.2, 0.25) is 0 Å². The molecule has 3 aliphatic heterocycles. The minimum atomic E-state index is -0.847. The van der Waals surface area contributed by atoms with Crippen LogP contribution in [0.5, 0.6) is 5.75 Å². The number of urea groups is 2. The summed E-state index contributed by atoms with van der Waals surface area (Å²) < 4.78 is 26.9. The second-order valence-corrected chi connectivity index (χ2v) is 25.8. The van der Waals surface area contributed by atoms with Crippen molar-refractivity contribution < 1.29 is 33.4 Å². The Bertz CT molecular complexity index is 4150. The lowest BCUT2D eigenvalue weighted by Crippen LogP contribution is -2.39. The van der Waals surface area contributed by atoms with E-state index in [4.69, 9.17) is 9.47 Å². The topological polar surface area (TPSA) is 249 Å². The molecule has 28 heteroatoms. The number of para-hydroxylation sites is 1. The number of nitrogens with zero attached hydrogens (tertiary/aromatic N) is 19. The van der Waals surface area contributed by atoms with Crippen LogP contribution < -0.4 is 10.1 Å². The number of rotatable bonds is 6. The highest BCUT2D eigenvalue weighted by molar-refractivity contribution is 9.10. The summed E-state index contributed by atoms with van der Waals surface area (Å²) in [6, 6.07) is 42.8. The van der Waals surface area contributed by atoms with E-state index in [-0.39, 0.29) is 65.5 Å². The van der Waals surface area contributed by atoms with E-state index in [0.717, 1.165) is 80.3 Å². The van der Waals surface area contributed by atoms with Crippen molar-refractivity contribution in [3.63, 3.8) is 0 Å². The molecule has 0 radical (unpaired) electrons. The highest BCUT2D eigenvalue weighted by Crippen LogP contribution is 2.22. The van der Waals surface area contributed by atoms with Crippen LogP contribution >= 0.6 is 15.9 Å². The molecule has 11 heterocycles. The number of aromatic nitrogens is 14. The molecule has 0 aliphatic carbocycles. The van der Waals surface area contributed by atoms with E-state index < -0.39 is 6.23 Å². The number of hydrogen-bond donors (Lipinski definition) is 1. The Kier molecular flexibility index (Phi) is 45.6. The minimum Gasteiger partial charge on any atom is -0.461 e. The number of amides is 7. The lowest BCUT2D eigenvalue weighted by Gasteiger charge is -2.21. The summed E-state index contributed by atoms with van der Waals surface area (Å²) in [7, 11) is 23.8. The third-order valence-electron chi connectivity index (χ3n) is 16.5. The maximum Gasteiger partial charge on any atom is 0.329 e. The summed E-state index contributed by atoms with van der Waals surface area (Å²) in [5.41, 5.74) is 11.6. The van der Waals surface area contributed by atoms with Gasteiger partial charge in [-0.1, -0.05) is 109 Å². The van der Waals surface area contributed by atoms with Gasteiger partial charge in [0.15, 0.2) is 5.82 Å². The predicted octanol–water partition coefficient (Wildman–Crippen LogP) is 13.9. The molecule has 11 aromatic rings. The van der Waals surface area contributed by atoms with Crippen LogP contribution in [0.1, 0.15) is 94.0 Å². The van der Waals surface area contributed by atoms with Crippen molar-refractivity contribution in [1.29, 1.82) is 0 Å². The fourth-order valence-electron chi connectivity index (χ4n) is 9.52. The van der Waals surface area contributed by atoms with E-state index in [1.54, 1.807) is 68.0 Å². The highest BCUT2D eigenvalue weighted by Gasteiger charge is 2.44. The molecule has 2 unspecified atom stereocenters. The van der Waals surface area contributed by atoms with E-state index in [1.807, 2.05) is 219 Å². The highest BCUT2D eigenvalue weighted by atomic mass is 79.9. The second kappa shape index (κ2) is 50.6. The third kappa shape index (κ3) is 32.5. The third-order valence-corrected chi connectivity index (χ3v) is 17.3. The van der Waals surface area contributed by atoms with Gasteiger partial charge < -0.3 is 42.9 Å². The minimum absolute atomic E-state index is 0. The molecule has 1 N–H and O–H groups in total. The molecule has 3 saturated heterocycles. The Hall–Kier alpha value is -11.0. The number of imidazole rings is 2. The molecular formula is C82H125BrN20O7. The normalized spacial score (nSPS) is 13.5. The number of nitrogens with one attached hydrogen (secondary N) is 1. The number of morpholine rings is 1. The zero-order valence-corrected chi connectivity index (χ0v) is 67.3. The molecule has 3 aliphatic rings. The number of ether oxygens (including phenoxy) is 2. The zero-order chi connectivity index (χ0) is 78.7. The van der Waals surface area contributed by atoms with Crippen molar-refractivity contribution in [3.05, 3.63) is 233 Å². The van der Waals surface area contributed by atoms with Gasteiger partial charge in [0.25, 0.3) is 23.9 Å². The Morgan fingerprint density at radius 3 is 1.37 bits per heavy atom. The van der Waals surface area contributed by atoms with E-state index in [1.165, 1.54) is 46.7 Å². The van der Waals surface area contributed by atoms with Crippen LogP contribution in [0.3, 0.4) is 0 Å². The van der Waals surface area contributed by atoms with Gasteiger partial charge >= 0.3 is 12.1 Å². The van der Waals surface area contributed by atoms with Crippen LogP contribution in [0.25, 0.3) is 22.6 Å². The van der Waals surface area contributed by atoms with Crippen molar-refractivity contribution in [2.45, 2.75) is 104 Å².